The van der Waals surface area contributed by atoms with Crippen LogP contribution in [0.2, 0.25) is 5.02 Å². The monoisotopic (exact) mass is 420 g/mol. The largest absolute Gasteiger partial charge is 0.435 e. The molecule has 2 heterocycles. The van der Waals surface area contributed by atoms with Crippen LogP contribution in [0.3, 0.4) is 0 Å². The number of hydrazine groups is 1. The molecule has 150 valence electrons. The van der Waals surface area contributed by atoms with Gasteiger partial charge >= 0.3 is 0 Å². The van der Waals surface area contributed by atoms with Crippen molar-refractivity contribution in [2.75, 3.05) is 11.2 Å². The number of nitrogens with zero attached hydrogens (tertiary/aromatic N) is 3. The number of hydrogen-bond acceptors (Lipinski definition) is 7. The summed E-state index contributed by atoms with van der Waals surface area (Å²) in [6.45, 7) is 1.90. The van der Waals surface area contributed by atoms with Crippen LogP contribution in [0.5, 0.6) is 11.6 Å². The number of para-hydroxylation sites is 1. The number of nitrogen functional groups attached to an aromatic ring is 1. The molecule has 30 heavy (non-hydrogen) atoms. The van der Waals surface area contributed by atoms with Crippen LogP contribution in [0, 0.1) is 6.92 Å². The highest BCUT2D eigenvalue weighted by Crippen LogP contribution is 2.32. The smallest absolute Gasteiger partial charge is 0.269 e. The quantitative estimate of drug-likeness (QED) is 0.416. The molecule has 4 N–H and O–H groups in total. The number of nitrogens with one attached hydrogen (secondary N) is 2. The Morgan fingerprint density at radius 1 is 1.07 bits per heavy atom. The Balaban J connectivity index is 1.54. The zero-order valence-electron chi connectivity index (χ0n) is 15.9. The highest BCUT2D eigenvalue weighted by molar-refractivity contribution is 6.30. The van der Waals surface area contributed by atoms with Gasteiger partial charge in [0.15, 0.2) is 11.6 Å². The molecular weight excluding hydrogens is 404 g/mol. The third kappa shape index (κ3) is 4.08. The number of benzene rings is 2. The van der Waals surface area contributed by atoms with Gasteiger partial charge in [-0.2, -0.15) is 4.98 Å². The SMILES string of the molecule is Cc1ccc2cccc(Oc3ncnc(NNC(=O)c4ccc(Cl)cc4)c3N)c2n1. The summed E-state index contributed by atoms with van der Waals surface area (Å²) in [5.74, 6) is 0.481. The summed E-state index contributed by atoms with van der Waals surface area (Å²) in [4.78, 5) is 24.9. The number of anilines is 2. The zero-order valence-corrected chi connectivity index (χ0v) is 16.6. The molecule has 2 aromatic carbocycles. The number of ether oxygens (including phenoxy) is 1. The lowest BCUT2D eigenvalue weighted by Crippen LogP contribution is -2.30. The summed E-state index contributed by atoms with van der Waals surface area (Å²) in [5.41, 5.74) is 13.5. The highest BCUT2D eigenvalue weighted by atomic mass is 35.5. The number of rotatable bonds is 5. The molecular formula is C21H17ClN6O2. The Morgan fingerprint density at radius 2 is 1.87 bits per heavy atom. The number of fused-ring (bicyclic) bond motifs is 1. The van der Waals surface area contributed by atoms with Crippen molar-refractivity contribution in [2.24, 2.45) is 0 Å². The second-order valence-electron chi connectivity index (χ2n) is 6.41. The minimum Gasteiger partial charge on any atom is -0.435 e. The minimum absolute atomic E-state index is 0.138. The van der Waals surface area contributed by atoms with Crippen molar-refractivity contribution in [1.29, 1.82) is 0 Å². The average Bonchev–Trinajstić information content (AvgIpc) is 2.75. The molecule has 9 heteroatoms. The molecule has 0 unspecified atom stereocenters. The Bertz CT molecular complexity index is 1230. The van der Waals surface area contributed by atoms with Gasteiger partial charge in [0.1, 0.15) is 17.5 Å². The van der Waals surface area contributed by atoms with Gasteiger partial charge in [0, 0.05) is 21.7 Å². The van der Waals surface area contributed by atoms with Crippen molar-refractivity contribution < 1.29 is 9.53 Å². The van der Waals surface area contributed by atoms with E-state index in [0.717, 1.165) is 11.1 Å². The first kappa shape index (κ1) is 19.4. The molecule has 1 amide bonds. The molecule has 0 aliphatic carbocycles. The van der Waals surface area contributed by atoms with Gasteiger partial charge in [-0.15, -0.1) is 0 Å². The normalized spacial score (nSPS) is 10.6. The van der Waals surface area contributed by atoms with Crippen LogP contribution in [0.4, 0.5) is 11.5 Å². The van der Waals surface area contributed by atoms with Gasteiger partial charge in [0.05, 0.1) is 0 Å². The minimum atomic E-state index is -0.374. The van der Waals surface area contributed by atoms with E-state index in [-0.39, 0.29) is 23.3 Å². The van der Waals surface area contributed by atoms with Crippen LogP contribution in [0.25, 0.3) is 10.9 Å². The van der Waals surface area contributed by atoms with E-state index in [1.54, 1.807) is 30.3 Å². The molecule has 0 saturated carbocycles. The van der Waals surface area contributed by atoms with Crippen molar-refractivity contribution in [1.82, 2.24) is 20.4 Å². The van der Waals surface area contributed by atoms with Crippen molar-refractivity contribution in [3.63, 3.8) is 0 Å². The summed E-state index contributed by atoms with van der Waals surface area (Å²) < 4.78 is 5.92. The summed E-state index contributed by atoms with van der Waals surface area (Å²) in [6, 6.07) is 15.9. The van der Waals surface area contributed by atoms with Crippen molar-refractivity contribution in [2.45, 2.75) is 6.92 Å². The number of halogens is 1. The van der Waals surface area contributed by atoms with Crippen LogP contribution in [-0.2, 0) is 0 Å². The molecule has 4 rings (SSSR count). The Hall–Kier alpha value is -3.91. The standard InChI is InChI=1S/C21H17ClN6O2/c1-12-5-6-13-3-2-4-16(18(13)26-12)30-21-17(23)19(24-11-25-21)27-28-20(29)14-7-9-15(22)10-8-14/h2-11H,23H2,1H3,(H,28,29)(H,24,25,27). The van der Waals surface area contributed by atoms with Gasteiger partial charge in [0.25, 0.3) is 5.91 Å². The van der Waals surface area contributed by atoms with E-state index in [0.29, 0.717) is 21.9 Å². The molecule has 0 radical (unpaired) electrons. The van der Waals surface area contributed by atoms with E-state index >= 15 is 0 Å². The predicted octanol–water partition coefficient (Wildman–Crippen LogP) is 4.12. The average molecular weight is 421 g/mol. The summed E-state index contributed by atoms with van der Waals surface area (Å²) >= 11 is 5.84. The van der Waals surface area contributed by atoms with Crippen LogP contribution in [-0.4, -0.2) is 20.9 Å². The van der Waals surface area contributed by atoms with Gasteiger partial charge in [-0.1, -0.05) is 29.8 Å². The number of hydrogen-bond donors (Lipinski definition) is 3. The lowest BCUT2D eigenvalue weighted by molar-refractivity contribution is 0.0962. The summed E-state index contributed by atoms with van der Waals surface area (Å²) in [7, 11) is 0. The number of aromatic nitrogens is 3. The molecule has 2 aromatic heterocycles. The molecule has 0 saturated heterocycles. The van der Waals surface area contributed by atoms with Crippen molar-refractivity contribution in [3.8, 4) is 11.6 Å². The lowest BCUT2D eigenvalue weighted by atomic mass is 10.2. The first-order valence-electron chi connectivity index (χ1n) is 8.98. The molecule has 0 atom stereocenters. The molecule has 0 fully saturated rings. The molecule has 0 spiro atoms. The maximum absolute atomic E-state index is 12.3. The number of nitrogens with two attached hydrogens (primary N) is 1. The van der Waals surface area contributed by atoms with E-state index in [1.165, 1.54) is 6.33 Å². The lowest BCUT2D eigenvalue weighted by Gasteiger charge is -2.13. The number of pyridine rings is 1. The van der Waals surface area contributed by atoms with E-state index in [4.69, 9.17) is 22.1 Å². The van der Waals surface area contributed by atoms with Crippen LogP contribution < -0.4 is 21.3 Å². The Kier molecular flexibility index (Phi) is 5.32. The molecule has 0 bridgehead atoms. The third-order valence-corrected chi connectivity index (χ3v) is 4.53. The van der Waals surface area contributed by atoms with Gasteiger partial charge in [-0.25, -0.2) is 9.97 Å². The van der Waals surface area contributed by atoms with Gasteiger partial charge < -0.3 is 10.5 Å². The number of carbonyl (C=O) groups excluding carboxylic acids is 1. The first-order chi connectivity index (χ1) is 14.5. The van der Waals surface area contributed by atoms with Gasteiger partial charge in [0.2, 0.25) is 5.88 Å². The molecule has 0 aliphatic heterocycles. The van der Waals surface area contributed by atoms with Crippen molar-refractivity contribution in [3.05, 3.63) is 77.2 Å². The summed E-state index contributed by atoms with van der Waals surface area (Å²) in [5, 5.41) is 1.47. The molecule has 0 aliphatic rings. The van der Waals surface area contributed by atoms with E-state index in [1.807, 2.05) is 31.2 Å². The second kappa shape index (κ2) is 8.22. The number of aryl methyl sites for hydroxylation is 1. The van der Waals surface area contributed by atoms with E-state index in [2.05, 4.69) is 25.8 Å². The Labute approximate surface area is 177 Å². The van der Waals surface area contributed by atoms with Gasteiger partial charge in [-0.3, -0.25) is 15.6 Å². The Morgan fingerprint density at radius 3 is 2.67 bits per heavy atom. The second-order valence-corrected chi connectivity index (χ2v) is 6.85. The zero-order chi connectivity index (χ0) is 21.1. The topological polar surface area (TPSA) is 115 Å². The predicted molar refractivity (Wildman–Crippen MR) is 116 cm³/mol. The van der Waals surface area contributed by atoms with Gasteiger partial charge in [-0.05, 0) is 43.3 Å². The fourth-order valence-electron chi connectivity index (χ4n) is 2.75. The fourth-order valence-corrected chi connectivity index (χ4v) is 2.88. The summed E-state index contributed by atoms with van der Waals surface area (Å²) in [6.07, 6.45) is 1.28. The van der Waals surface area contributed by atoms with Crippen LogP contribution in [0.15, 0.2) is 60.9 Å². The molecule has 4 aromatic rings. The van der Waals surface area contributed by atoms with Crippen LogP contribution >= 0.6 is 11.6 Å². The van der Waals surface area contributed by atoms with Crippen molar-refractivity contribution >= 4 is 39.9 Å². The third-order valence-electron chi connectivity index (χ3n) is 4.28. The van der Waals surface area contributed by atoms with E-state index < -0.39 is 0 Å². The maximum atomic E-state index is 12.3. The first-order valence-corrected chi connectivity index (χ1v) is 9.35. The highest BCUT2D eigenvalue weighted by Gasteiger charge is 2.14. The maximum Gasteiger partial charge on any atom is 0.269 e. The fraction of sp³-hybridized carbons (Fsp3) is 0.0476. The van der Waals surface area contributed by atoms with Crippen LogP contribution in [0.1, 0.15) is 16.1 Å². The molecule has 8 nitrogen and oxygen atoms in total. The van der Waals surface area contributed by atoms with E-state index in [9.17, 15) is 4.79 Å². The number of amides is 1. The number of carbonyl (C=O) groups is 1.